The summed E-state index contributed by atoms with van der Waals surface area (Å²) in [6, 6.07) is 15.4. The minimum Gasteiger partial charge on any atom is -0.353 e. The summed E-state index contributed by atoms with van der Waals surface area (Å²) in [6.45, 7) is 4.59. The third kappa shape index (κ3) is 3.47. The van der Waals surface area contributed by atoms with Crippen LogP contribution in [0.1, 0.15) is 16.2 Å². The number of piperazine rings is 1. The molecule has 0 spiro atoms. The number of rotatable bonds is 3. The minimum atomic E-state index is -0.0317. The fraction of sp³-hybridized carbons (Fsp3) is 0.227. The molecule has 4 heterocycles. The van der Waals surface area contributed by atoms with Gasteiger partial charge in [0.05, 0.1) is 11.2 Å². The first-order valence-electron chi connectivity index (χ1n) is 9.92. The van der Waals surface area contributed by atoms with Gasteiger partial charge in [-0.25, -0.2) is 19.6 Å². The third-order valence-corrected chi connectivity index (χ3v) is 5.30. The molecule has 0 unspecified atom stereocenters. The van der Waals surface area contributed by atoms with Crippen molar-refractivity contribution in [3.8, 4) is 5.82 Å². The maximum absolute atomic E-state index is 12.9. The summed E-state index contributed by atoms with van der Waals surface area (Å²) in [7, 11) is 0. The lowest BCUT2D eigenvalue weighted by atomic mass is 10.2. The van der Waals surface area contributed by atoms with Crippen LogP contribution in [-0.2, 0) is 0 Å². The second-order valence-electron chi connectivity index (χ2n) is 7.30. The van der Waals surface area contributed by atoms with Crippen LogP contribution < -0.4 is 4.90 Å². The number of amides is 1. The van der Waals surface area contributed by atoms with Crippen molar-refractivity contribution in [1.82, 2.24) is 29.6 Å². The van der Waals surface area contributed by atoms with Crippen molar-refractivity contribution in [2.24, 2.45) is 0 Å². The van der Waals surface area contributed by atoms with Gasteiger partial charge < -0.3 is 9.80 Å². The van der Waals surface area contributed by atoms with Crippen LogP contribution >= 0.6 is 0 Å². The van der Waals surface area contributed by atoms with Crippen molar-refractivity contribution in [2.75, 3.05) is 31.1 Å². The molecule has 0 saturated carbocycles. The Morgan fingerprint density at radius 1 is 0.933 bits per heavy atom. The van der Waals surface area contributed by atoms with Gasteiger partial charge >= 0.3 is 0 Å². The number of carbonyl (C=O) groups excluding carboxylic acids is 1. The molecule has 0 bridgehead atoms. The van der Waals surface area contributed by atoms with Crippen LogP contribution in [0.15, 0.2) is 61.1 Å². The van der Waals surface area contributed by atoms with E-state index in [-0.39, 0.29) is 5.91 Å². The van der Waals surface area contributed by atoms with Gasteiger partial charge in [0.25, 0.3) is 5.91 Å². The van der Waals surface area contributed by atoms with Crippen LogP contribution in [0.3, 0.4) is 0 Å². The van der Waals surface area contributed by atoms with Gasteiger partial charge in [-0.15, -0.1) is 0 Å². The van der Waals surface area contributed by atoms with Crippen LogP contribution in [-0.4, -0.2) is 61.7 Å². The van der Waals surface area contributed by atoms with Crippen LogP contribution in [0.25, 0.3) is 16.7 Å². The van der Waals surface area contributed by atoms with E-state index in [0.717, 1.165) is 28.2 Å². The van der Waals surface area contributed by atoms with Gasteiger partial charge in [-0.05, 0) is 25.1 Å². The highest BCUT2D eigenvalue weighted by molar-refractivity contribution is 5.95. The molecule has 1 saturated heterocycles. The number of carbonyl (C=O) groups is 1. The Kier molecular flexibility index (Phi) is 4.59. The molecule has 0 radical (unpaired) electrons. The van der Waals surface area contributed by atoms with E-state index in [9.17, 15) is 4.79 Å². The summed E-state index contributed by atoms with van der Waals surface area (Å²) in [4.78, 5) is 30.2. The Morgan fingerprint density at radius 2 is 1.73 bits per heavy atom. The van der Waals surface area contributed by atoms with Crippen molar-refractivity contribution in [2.45, 2.75) is 6.92 Å². The molecule has 5 rings (SSSR count). The fourth-order valence-corrected chi connectivity index (χ4v) is 3.66. The van der Waals surface area contributed by atoms with Crippen LogP contribution in [0.2, 0.25) is 0 Å². The monoisotopic (exact) mass is 399 g/mol. The van der Waals surface area contributed by atoms with E-state index in [0.29, 0.717) is 31.9 Å². The van der Waals surface area contributed by atoms with Crippen molar-refractivity contribution < 1.29 is 4.79 Å². The molecule has 1 fully saturated rings. The number of pyridine rings is 1. The molecule has 8 nitrogen and oxygen atoms in total. The number of benzene rings is 1. The number of fused-ring (bicyclic) bond motifs is 1. The number of hydrogen-bond acceptors (Lipinski definition) is 6. The molecule has 1 amide bonds. The number of nitrogens with zero attached hydrogens (tertiary/aromatic N) is 7. The van der Waals surface area contributed by atoms with Gasteiger partial charge in [0, 0.05) is 43.8 Å². The highest BCUT2D eigenvalue weighted by Gasteiger charge is 2.24. The first-order valence-corrected chi connectivity index (χ1v) is 9.92. The van der Waals surface area contributed by atoms with E-state index < -0.39 is 0 Å². The molecular weight excluding hydrogens is 378 g/mol. The quantitative estimate of drug-likeness (QED) is 0.527. The van der Waals surface area contributed by atoms with Gasteiger partial charge in [0.1, 0.15) is 17.8 Å². The van der Waals surface area contributed by atoms with E-state index in [1.807, 2.05) is 60.5 Å². The normalized spacial score (nSPS) is 14.3. The predicted molar refractivity (Wildman–Crippen MR) is 114 cm³/mol. The molecule has 1 aromatic carbocycles. The molecule has 0 N–H and O–H groups in total. The Balaban J connectivity index is 1.28. The zero-order valence-corrected chi connectivity index (χ0v) is 16.6. The number of para-hydroxylation sites is 1. The molecule has 3 aromatic heterocycles. The van der Waals surface area contributed by atoms with Crippen molar-refractivity contribution >= 4 is 22.6 Å². The van der Waals surface area contributed by atoms with Gasteiger partial charge in [-0.2, -0.15) is 5.10 Å². The smallest absolute Gasteiger partial charge is 0.272 e. The van der Waals surface area contributed by atoms with Gasteiger partial charge in [0.15, 0.2) is 5.82 Å². The molecule has 150 valence electrons. The number of hydrogen-bond donors (Lipinski definition) is 0. The van der Waals surface area contributed by atoms with E-state index in [1.165, 1.54) is 0 Å². The number of anilines is 1. The lowest BCUT2D eigenvalue weighted by molar-refractivity contribution is 0.0741. The largest absolute Gasteiger partial charge is 0.353 e. The van der Waals surface area contributed by atoms with Gasteiger partial charge in [-0.3, -0.25) is 4.79 Å². The SMILES string of the molecule is Cc1ccn(-c2cc(N3CCN(C(=O)c4ccc5ccccc5n4)CC3)ncn2)n1. The topological polar surface area (TPSA) is 80.0 Å². The van der Waals surface area contributed by atoms with E-state index in [4.69, 9.17) is 0 Å². The van der Waals surface area contributed by atoms with E-state index in [2.05, 4.69) is 25.0 Å². The zero-order valence-electron chi connectivity index (χ0n) is 16.6. The minimum absolute atomic E-state index is 0.0317. The zero-order chi connectivity index (χ0) is 20.5. The Morgan fingerprint density at radius 3 is 2.53 bits per heavy atom. The number of aromatic nitrogens is 5. The molecule has 8 heteroatoms. The molecule has 30 heavy (non-hydrogen) atoms. The summed E-state index contributed by atoms with van der Waals surface area (Å²) in [5.74, 6) is 1.53. The van der Waals surface area contributed by atoms with Crippen LogP contribution in [0.5, 0.6) is 0 Å². The lowest BCUT2D eigenvalue weighted by Crippen LogP contribution is -2.49. The predicted octanol–water partition coefficient (Wildman–Crippen LogP) is 2.48. The molecular formula is C22H21N7O. The first kappa shape index (κ1) is 18.2. The Bertz CT molecular complexity index is 1210. The number of aryl methyl sites for hydroxylation is 1. The molecule has 0 aliphatic carbocycles. The second-order valence-corrected chi connectivity index (χ2v) is 7.30. The van der Waals surface area contributed by atoms with Crippen molar-refractivity contribution in [3.05, 3.63) is 72.4 Å². The fourth-order valence-electron chi connectivity index (χ4n) is 3.66. The standard InChI is InChI=1S/C22H21N7O/c1-16-8-9-29(26-16)21-14-20(23-15-24-21)27-10-12-28(13-11-27)22(30)19-7-6-17-4-2-3-5-18(17)25-19/h2-9,14-15H,10-13H2,1H3. The summed E-state index contributed by atoms with van der Waals surface area (Å²) in [6.07, 6.45) is 3.44. The Hall–Kier alpha value is -3.81. The highest BCUT2D eigenvalue weighted by Crippen LogP contribution is 2.18. The van der Waals surface area contributed by atoms with E-state index >= 15 is 0 Å². The maximum atomic E-state index is 12.9. The molecule has 4 aromatic rings. The van der Waals surface area contributed by atoms with E-state index in [1.54, 1.807) is 17.1 Å². The van der Waals surface area contributed by atoms with Crippen LogP contribution in [0.4, 0.5) is 5.82 Å². The molecule has 1 aliphatic rings. The molecule has 0 atom stereocenters. The maximum Gasteiger partial charge on any atom is 0.272 e. The van der Waals surface area contributed by atoms with Gasteiger partial charge in [-0.1, -0.05) is 24.3 Å². The molecule has 1 aliphatic heterocycles. The van der Waals surface area contributed by atoms with Gasteiger partial charge in [0.2, 0.25) is 0 Å². The average Bonchev–Trinajstić information content (AvgIpc) is 3.25. The first-order chi connectivity index (χ1) is 14.7. The lowest BCUT2D eigenvalue weighted by Gasteiger charge is -2.35. The van der Waals surface area contributed by atoms with Crippen molar-refractivity contribution in [3.63, 3.8) is 0 Å². The summed E-state index contributed by atoms with van der Waals surface area (Å²) < 4.78 is 1.74. The highest BCUT2D eigenvalue weighted by atomic mass is 16.2. The average molecular weight is 399 g/mol. The van der Waals surface area contributed by atoms with Crippen molar-refractivity contribution in [1.29, 1.82) is 0 Å². The third-order valence-electron chi connectivity index (χ3n) is 5.30. The Labute approximate surface area is 173 Å². The summed E-state index contributed by atoms with van der Waals surface area (Å²) in [5.41, 5.74) is 2.26. The summed E-state index contributed by atoms with van der Waals surface area (Å²) >= 11 is 0. The van der Waals surface area contributed by atoms with Crippen LogP contribution in [0, 0.1) is 6.92 Å². The second kappa shape index (κ2) is 7.55. The summed E-state index contributed by atoms with van der Waals surface area (Å²) in [5, 5.41) is 5.44.